The number of amides is 1. The third kappa shape index (κ3) is 2.17. The summed E-state index contributed by atoms with van der Waals surface area (Å²) in [5.74, 6) is -0.0703. The van der Waals surface area contributed by atoms with Crippen molar-refractivity contribution in [3.05, 3.63) is 28.6 Å². The molecule has 5 heteroatoms. The molecule has 0 radical (unpaired) electrons. The summed E-state index contributed by atoms with van der Waals surface area (Å²) < 4.78 is 1.04. The molecule has 1 amide bonds. The van der Waals surface area contributed by atoms with Crippen molar-refractivity contribution in [2.45, 2.75) is 25.9 Å². The van der Waals surface area contributed by atoms with Gasteiger partial charge in [-0.1, -0.05) is 12.1 Å². The summed E-state index contributed by atoms with van der Waals surface area (Å²) in [7, 11) is 0. The van der Waals surface area contributed by atoms with Crippen molar-refractivity contribution >= 4 is 33.0 Å². The lowest BCUT2D eigenvalue weighted by atomic mass is 10.1. The number of carbonyl (C=O) groups excluding carboxylic acids is 1. The second-order valence-electron chi connectivity index (χ2n) is 5.82. The van der Waals surface area contributed by atoms with Crippen molar-refractivity contribution in [2.24, 2.45) is 0 Å². The van der Waals surface area contributed by atoms with Gasteiger partial charge in [0.05, 0.1) is 11.3 Å². The fraction of sp³-hybridized carbons (Fsp3) is 0.400. The Bertz CT molecular complexity index is 690. The molecule has 3 rings (SSSR count). The molecule has 1 saturated heterocycles. The van der Waals surface area contributed by atoms with Crippen molar-refractivity contribution in [3.63, 3.8) is 0 Å². The maximum absolute atomic E-state index is 12.6. The van der Waals surface area contributed by atoms with Crippen LogP contribution in [-0.2, 0) is 0 Å². The lowest BCUT2D eigenvalue weighted by Crippen LogP contribution is -2.33. The number of aryl methyl sites for hydroxylation is 1. The summed E-state index contributed by atoms with van der Waals surface area (Å²) in [5.41, 5.74) is 7.06. The number of aliphatic hydroxyl groups is 1. The van der Waals surface area contributed by atoms with E-state index >= 15 is 0 Å². The van der Waals surface area contributed by atoms with Gasteiger partial charge >= 0.3 is 0 Å². The van der Waals surface area contributed by atoms with Gasteiger partial charge in [0.1, 0.15) is 4.88 Å². The molecule has 2 heterocycles. The standard InChI is InChI=1S/C15H18N2O2S/c1-9-3-4-10-11(7-9)20-13(12(10)16)14(18)17-6-5-15(2,19)8-17/h3-4,7,19H,5-6,8,16H2,1-2H3. The predicted molar refractivity (Wildman–Crippen MR) is 82.1 cm³/mol. The highest BCUT2D eigenvalue weighted by Crippen LogP contribution is 2.36. The van der Waals surface area contributed by atoms with Gasteiger partial charge in [0.25, 0.3) is 5.91 Å². The van der Waals surface area contributed by atoms with Crippen LogP contribution in [-0.4, -0.2) is 34.6 Å². The molecule has 2 aromatic rings. The molecule has 3 N–H and O–H groups in total. The number of β-amino-alcohol motifs (C(OH)–C–C–N with tert-alkyl or cyclic N) is 1. The zero-order valence-electron chi connectivity index (χ0n) is 11.6. The van der Waals surface area contributed by atoms with E-state index in [1.165, 1.54) is 11.3 Å². The zero-order chi connectivity index (χ0) is 14.5. The van der Waals surface area contributed by atoms with E-state index in [9.17, 15) is 9.90 Å². The number of anilines is 1. The number of rotatable bonds is 1. The monoisotopic (exact) mass is 290 g/mol. The molecular weight excluding hydrogens is 272 g/mol. The van der Waals surface area contributed by atoms with Gasteiger partial charge in [0.15, 0.2) is 0 Å². The first-order valence-corrected chi connectivity index (χ1v) is 7.49. The molecular formula is C15H18N2O2S. The highest BCUT2D eigenvalue weighted by atomic mass is 32.1. The molecule has 1 aromatic carbocycles. The Morgan fingerprint density at radius 2 is 2.25 bits per heavy atom. The predicted octanol–water partition coefficient (Wildman–Crippen LogP) is 2.39. The number of nitrogens with two attached hydrogens (primary N) is 1. The van der Waals surface area contributed by atoms with Crippen LogP contribution in [0.2, 0.25) is 0 Å². The SMILES string of the molecule is Cc1ccc2c(N)c(C(=O)N3CCC(C)(O)C3)sc2c1. The topological polar surface area (TPSA) is 66.6 Å². The fourth-order valence-electron chi connectivity index (χ4n) is 2.64. The van der Waals surface area contributed by atoms with Gasteiger partial charge in [0, 0.05) is 23.2 Å². The second-order valence-corrected chi connectivity index (χ2v) is 6.87. The van der Waals surface area contributed by atoms with Crippen LogP contribution in [0.3, 0.4) is 0 Å². The lowest BCUT2D eigenvalue weighted by molar-refractivity contribution is 0.0575. The van der Waals surface area contributed by atoms with Gasteiger partial charge in [-0.25, -0.2) is 0 Å². The van der Waals surface area contributed by atoms with Gasteiger partial charge < -0.3 is 15.7 Å². The number of carbonyl (C=O) groups is 1. The minimum absolute atomic E-state index is 0.0703. The van der Waals surface area contributed by atoms with E-state index in [4.69, 9.17) is 5.73 Å². The maximum atomic E-state index is 12.6. The molecule has 106 valence electrons. The average molecular weight is 290 g/mol. The van der Waals surface area contributed by atoms with Crippen LogP contribution in [0.5, 0.6) is 0 Å². The minimum Gasteiger partial charge on any atom is -0.397 e. The van der Waals surface area contributed by atoms with Crippen LogP contribution in [0.15, 0.2) is 18.2 Å². The number of hydrogen-bond donors (Lipinski definition) is 2. The van der Waals surface area contributed by atoms with E-state index in [1.54, 1.807) is 11.8 Å². The van der Waals surface area contributed by atoms with E-state index in [0.29, 0.717) is 30.1 Å². The lowest BCUT2D eigenvalue weighted by Gasteiger charge is -2.18. The minimum atomic E-state index is -0.780. The van der Waals surface area contributed by atoms with Crippen LogP contribution in [0.1, 0.15) is 28.6 Å². The molecule has 0 saturated carbocycles. The number of nitrogens with zero attached hydrogens (tertiary/aromatic N) is 1. The van der Waals surface area contributed by atoms with Crippen LogP contribution in [0.25, 0.3) is 10.1 Å². The molecule has 1 aliphatic rings. The number of likely N-dealkylation sites (tertiary alicyclic amines) is 1. The summed E-state index contributed by atoms with van der Waals surface area (Å²) in [5, 5.41) is 10.9. The average Bonchev–Trinajstić information content (AvgIpc) is 2.89. The van der Waals surface area contributed by atoms with Gasteiger partial charge in [-0.3, -0.25) is 4.79 Å². The van der Waals surface area contributed by atoms with Crippen LogP contribution < -0.4 is 5.73 Å². The van der Waals surface area contributed by atoms with Gasteiger partial charge in [-0.05, 0) is 31.9 Å². The summed E-state index contributed by atoms with van der Waals surface area (Å²) in [6, 6.07) is 6.01. The third-order valence-electron chi connectivity index (χ3n) is 3.82. The summed E-state index contributed by atoms with van der Waals surface area (Å²) in [4.78, 5) is 14.8. The zero-order valence-corrected chi connectivity index (χ0v) is 12.5. The Balaban J connectivity index is 1.98. The number of benzene rings is 1. The number of hydrogen-bond acceptors (Lipinski definition) is 4. The number of nitrogen functional groups attached to an aromatic ring is 1. The van der Waals surface area contributed by atoms with Crippen LogP contribution in [0.4, 0.5) is 5.69 Å². The highest BCUT2D eigenvalue weighted by molar-refractivity contribution is 7.21. The van der Waals surface area contributed by atoms with Crippen molar-refractivity contribution < 1.29 is 9.90 Å². The molecule has 1 aliphatic heterocycles. The molecule has 0 aliphatic carbocycles. The summed E-state index contributed by atoms with van der Waals surface area (Å²) in [6.45, 7) is 4.74. The Morgan fingerprint density at radius 1 is 1.50 bits per heavy atom. The summed E-state index contributed by atoms with van der Waals surface area (Å²) in [6.07, 6.45) is 0.614. The fourth-order valence-corrected chi connectivity index (χ4v) is 3.83. The Kier molecular flexibility index (Phi) is 2.99. The normalized spacial score (nSPS) is 22.6. The molecule has 1 aromatic heterocycles. The van der Waals surface area contributed by atoms with E-state index in [-0.39, 0.29) is 5.91 Å². The molecule has 20 heavy (non-hydrogen) atoms. The number of thiophene rings is 1. The van der Waals surface area contributed by atoms with E-state index in [2.05, 4.69) is 0 Å². The van der Waals surface area contributed by atoms with Crippen molar-refractivity contribution in [3.8, 4) is 0 Å². The van der Waals surface area contributed by atoms with Crippen molar-refractivity contribution in [1.29, 1.82) is 0 Å². The first-order chi connectivity index (χ1) is 9.37. The molecule has 1 atom stereocenters. The first-order valence-electron chi connectivity index (χ1n) is 6.68. The Hall–Kier alpha value is -1.59. The van der Waals surface area contributed by atoms with Crippen molar-refractivity contribution in [1.82, 2.24) is 4.90 Å². The number of fused-ring (bicyclic) bond motifs is 1. The Morgan fingerprint density at radius 3 is 2.90 bits per heavy atom. The molecule has 0 bridgehead atoms. The highest BCUT2D eigenvalue weighted by Gasteiger charge is 2.35. The van der Waals surface area contributed by atoms with Crippen molar-refractivity contribution in [2.75, 3.05) is 18.8 Å². The quantitative estimate of drug-likeness (QED) is 0.847. The molecule has 0 spiro atoms. The molecule has 1 unspecified atom stereocenters. The second kappa shape index (κ2) is 4.46. The van der Waals surface area contributed by atoms with E-state index in [0.717, 1.165) is 15.6 Å². The molecule has 1 fully saturated rings. The maximum Gasteiger partial charge on any atom is 0.266 e. The third-order valence-corrected chi connectivity index (χ3v) is 4.97. The smallest absolute Gasteiger partial charge is 0.266 e. The van der Waals surface area contributed by atoms with Crippen LogP contribution >= 0.6 is 11.3 Å². The largest absolute Gasteiger partial charge is 0.397 e. The van der Waals surface area contributed by atoms with Gasteiger partial charge in [0.2, 0.25) is 0 Å². The first kappa shape index (κ1) is 13.4. The molecule has 4 nitrogen and oxygen atoms in total. The van der Waals surface area contributed by atoms with Crippen LogP contribution in [0, 0.1) is 6.92 Å². The van der Waals surface area contributed by atoms with E-state index < -0.39 is 5.60 Å². The summed E-state index contributed by atoms with van der Waals surface area (Å²) >= 11 is 1.44. The van der Waals surface area contributed by atoms with E-state index in [1.807, 2.05) is 25.1 Å². The Labute approximate surface area is 121 Å². The van der Waals surface area contributed by atoms with Gasteiger partial charge in [-0.2, -0.15) is 0 Å². The van der Waals surface area contributed by atoms with Gasteiger partial charge in [-0.15, -0.1) is 11.3 Å².